The third-order valence-electron chi connectivity index (χ3n) is 2.96. The lowest BCUT2D eigenvalue weighted by Crippen LogP contribution is -2.16. The van der Waals surface area contributed by atoms with Gasteiger partial charge < -0.3 is 5.32 Å². The molecule has 0 aliphatic carbocycles. The Morgan fingerprint density at radius 2 is 1.88 bits per heavy atom. The smallest absolute Gasteiger partial charge is 0.0537 e. The van der Waals surface area contributed by atoms with Crippen molar-refractivity contribution in [3.05, 3.63) is 35.9 Å². The molecule has 2 aromatic heterocycles. The minimum Gasteiger partial charge on any atom is -0.313 e. The van der Waals surface area contributed by atoms with Gasteiger partial charge in [0.25, 0.3) is 0 Å². The Labute approximate surface area is 101 Å². The standard InChI is InChI=1S/C12H19N5/c1-13-12(11-7-15-17(3)9-11)5-4-10-6-14-16(2)8-10/h6-9,12-13H,4-5H2,1-3H3. The van der Waals surface area contributed by atoms with Crippen LogP contribution in [0.15, 0.2) is 24.8 Å². The van der Waals surface area contributed by atoms with Crippen LogP contribution >= 0.6 is 0 Å². The molecule has 0 saturated heterocycles. The lowest BCUT2D eigenvalue weighted by molar-refractivity contribution is 0.548. The monoisotopic (exact) mass is 233 g/mol. The van der Waals surface area contributed by atoms with E-state index in [1.54, 1.807) is 0 Å². The van der Waals surface area contributed by atoms with E-state index in [9.17, 15) is 0 Å². The van der Waals surface area contributed by atoms with E-state index in [0.717, 1.165) is 12.8 Å². The minimum atomic E-state index is 0.351. The van der Waals surface area contributed by atoms with E-state index in [0.29, 0.717) is 6.04 Å². The lowest BCUT2D eigenvalue weighted by atomic mass is 10.0. The predicted molar refractivity (Wildman–Crippen MR) is 66.5 cm³/mol. The maximum Gasteiger partial charge on any atom is 0.0537 e. The van der Waals surface area contributed by atoms with Gasteiger partial charge in [0.05, 0.1) is 12.4 Å². The van der Waals surface area contributed by atoms with Gasteiger partial charge in [-0.2, -0.15) is 10.2 Å². The number of hydrogen-bond acceptors (Lipinski definition) is 3. The summed E-state index contributed by atoms with van der Waals surface area (Å²) >= 11 is 0. The molecule has 0 spiro atoms. The van der Waals surface area contributed by atoms with E-state index in [1.165, 1.54) is 11.1 Å². The van der Waals surface area contributed by atoms with Crippen molar-refractivity contribution in [3.8, 4) is 0 Å². The van der Waals surface area contributed by atoms with Gasteiger partial charge >= 0.3 is 0 Å². The van der Waals surface area contributed by atoms with Crippen LogP contribution < -0.4 is 5.32 Å². The molecule has 1 unspecified atom stereocenters. The SMILES string of the molecule is CNC(CCc1cnn(C)c1)c1cnn(C)c1. The van der Waals surface area contributed by atoms with Crippen LogP contribution in [0.25, 0.3) is 0 Å². The van der Waals surface area contributed by atoms with Crippen molar-refractivity contribution in [2.24, 2.45) is 14.1 Å². The summed E-state index contributed by atoms with van der Waals surface area (Å²) in [4.78, 5) is 0. The molecule has 0 aliphatic rings. The normalized spacial score (nSPS) is 12.9. The third kappa shape index (κ3) is 2.94. The fourth-order valence-electron chi connectivity index (χ4n) is 2.01. The largest absolute Gasteiger partial charge is 0.313 e. The molecule has 5 nitrogen and oxygen atoms in total. The molecule has 0 bridgehead atoms. The first-order chi connectivity index (χ1) is 8.19. The summed E-state index contributed by atoms with van der Waals surface area (Å²) in [7, 11) is 5.87. The van der Waals surface area contributed by atoms with Gasteiger partial charge in [0.1, 0.15) is 0 Å². The summed E-state index contributed by atoms with van der Waals surface area (Å²) in [5, 5.41) is 11.7. The average molecular weight is 233 g/mol. The van der Waals surface area contributed by atoms with E-state index in [-0.39, 0.29) is 0 Å². The van der Waals surface area contributed by atoms with Gasteiger partial charge in [-0.1, -0.05) is 0 Å². The minimum absolute atomic E-state index is 0.351. The van der Waals surface area contributed by atoms with Crippen LogP contribution in [0.4, 0.5) is 0 Å². The first-order valence-corrected chi connectivity index (χ1v) is 5.82. The molecule has 0 fully saturated rings. The predicted octanol–water partition coefficient (Wildman–Crippen LogP) is 1.05. The molecular formula is C12H19N5. The molecule has 0 amide bonds. The summed E-state index contributed by atoms with van der Waals surface area (Å²) in [6, 6.07) is 0.351. The fourth-order valence-corrected chi connectivity index (χ4v) is 2.01. The van der Waals surface area contributed by atoms with Gasteiger partial charge in [-0.05, 0) is 25.5 Å². The Kier molecular flexibility index (Phi) is 3.58. The van der Waals surface area contributed by atoms with Crippen LogP contribution in [0.5, 0.6) is 0 Å². The Hall–Kier alpha value is -1.62. The van der Waals surface area contributed by atoms with E-state index in [1.807, 2.05) is 42.9 Å². The molecule has 0 saturated carbocycles. The van der Waals surface area contributed by atoms with Crippen molar-refractivity contribution < 1.29 is 0 Å². The first kappa shape index (κ1) is 11.9. The van der Waals surface area contributed by atoms with Gasteiger partial charge in [-0.15, -0.1) is 0 Å². The second kappa shape index (κ2) is 5.14. The molecule has 0 aromatic carbocycles. The fraction of sp³-hybridized carbons (Fsp3) is 0.500. The summed E-state index contributed by atoms with van der Waals surface area (Å²) in [5.41, 5.74) is 2.51. The summed E-state index contributed by atoms with van der Waals surface area (Å²) < 4.78 is 3.68. The van der Waals surface area contributed by atoms with Crippen LogP contribution in [-0.2, 0) is 20.5 Å². The van der Waals surface area contributed by atoms with Gasteiger partial charge in [0, 0.05) is 38.1 Å². The molecule has 1 atom stereocenters. The van der Waals surface area contributed by atoms with E-state index >= 15 is 0 Å². The van der Waals surface area contributed by atoms with Crippen LogP contribution in [-0.4, -0.2) is 26.6 Å². The van der Waals surface area contributed by atoms with Crippen LogP contribution in [0.1, 0.15) is 23.6 Å². The number of hydrogen-bond donors (Lipinski definition) is 1. The van der Waals surface area contributed by atoms with Crippen molar-refractivity contribution in [2.75, 3.05) is 7.05 Å². The Balaban J connectivity index is 1.96. The Morgan fingerprint density at radius 1 is 1.18 bits per heavy atom. The van der Waals surface area contributed by atoms with Gasteiger partial charge in [0.15, 0.2) is 0 Å². The second-order valence-electron chi connectivity index (χ2n) is 4.35. The number of nitrogens with one attached hydrogen (secondary N) is 1. The van der Waals surface area contributed by atoms with Gasteiger partial charge in [-0.25, -0.2) is 0 Å². The maximum absolute atomic E-state index is 4.20. The number of aromatic nitrogens is 4. The van der Waals surface area contributed by atoms with Gasteiger partial charge in [-0.3, -0.25) is 9.36 Å². The molecule has 0 aliphatic heterocycles. The van der Waals surface area contributed by atoms with Crippen molar-refractivity contribution >= 4 is 0 Å². The molecule has 5 heteroatoms. The Bertz CT molecular complexity index is 471. The van der Waals surface area contributed by atoms with Crippen molar-refractivity contribution in [1.82, 2.24) is 24.9 Å². The molecule has 2 rings (SSSR count). The van der Waals surface area contributed by atoms with E-state index < -0.39 is 0 Å². The Morgan fingerprint density at radius 3 is 2.41 bits per heavy atom. The van der Waals surface area contributed by atoms with Crippen LogP contribution in [0.3, 0.4) is 0 Å². The highest BCUT2D eigenvalue weighted by Crippen LogP contribution is 2.17. The topological polar surface area (TPSA) is 47.7 Å². The molecular weight excluding hydrogens is 214 g/mol. The highest BCUT2D eigenvalue weighted by Gasteiger charge is 2.11. The number of nitrogens with zero attached hydrogens (tertiary/aromatic N) is 4. The second-order valence-corrected chi connectivity index (χ2v) is 4.35. The summed E-state index contributed by atoms with van der Waals surface area (Å²) in [5.74, 6) is 0. The molecule has 17 heavy (non-hydrogen) atoms. The molecule has 92 valence electrons. The quantitative estimate of drug-likeness (QED) is 0.839. The third-order valence-corrected chi connectivity index (χ3v) is 2.96. The zero-order chi connectivity index (χ0) is 12.3. The van der Waals surface area contributed by atoms with Crippen molar-refractivity contribution in [2.45, 2.75) is 18.9 Å². The maximum atomic E-state index is 4.20. The zero-order valence-corrected chi connectivity index (χ0v) is 10.6. The van der Waals surface area contributed by atoms with Crippen LogP contribution in [0.2, 0.25) is 0 Å². The van der Waals surface area contributed by atoms with E-state index in [2.05, 4.69) is 27.9 Å². The first-order valence-electron chi connectivity index (χ1n) is 5.82. The summed E-state index contributed by atoms with van der Waals surface area (Å²) in [6.45, 7) is 0. The molecule has 0 radical (unpaired) electrons. The van der Waals surface area contributed by atoms with Crippen molar-refractivity contribution in [3.63, 3.8) is 0 Å². The van der Waals surface area contributed by atoms with Crippen molar-refractivity contribution in [1.29, 1.82) is 0 Å². The average Bonchev–Trinajstić information content (AvgIpc) is 2.89. The van der Waals surface area contributed by atoms with E-state index in [4.69, 9.17) is 0 Å². The molecule has 2 aromatic rings. The van der Waals surface area contributed by atoms with Gasteiger partial charge in [0.2, 0.25) is 0 Å². The molecule has 1 N–H and O–H groups in total. The highest BCUT2D eigenvalue weighted by atomic mass is 15.2. The summed E-state index contributed by atoms with van der Waals surface area (Å²) in [6.07, 6.45) is 10.0. The number of aryl methyl sites for hydroxylation is 3. The zero-order valence-electron chi connectivity index (χ0n) is 10.6. The highest BCUT2D eigenvalue weighted by molar-refractivity contribution is 5.12. The lowest BCUT2D eigenvalue weighted by Gasteiger charge is -2.13. The van der Waals surface area contributed by atoms with Crippen LogP contribution in [0, 0.1) is 0 Å². The molecule has 2 heterocycles. The number of rotatable bonds is 5.